The van der Waals surface area contributed by atoms with Gasteiger partial charge in [0.25, 0.3) is 0 Å². The molecule has 14 heavy (non-hydrogen) atoms. The summed E-state index contributed by atoms with van der Waals surface area (Å²) in [5.74, 6) is 0.647. The molecule has 0 saturated heterocycles. The van der Waals surface area contributed by atoms with E-state index in [1.807, 2.05) is 11.3 Å². The molecule has 2 unspecified atom stereocenters. The molecule has 1 aromatic heterocycles. The molecule has 0 spiro atoms. The summed E-state index contributed by atoms with van der Waals surface area (Å²) < 4.78 is 0. The maximum Gasteiger partial charge on any atom is 0.0115 e. The lowest BCUT2D eigenvalue weighted by molar-refractivity contribution is 0.483. The Kier molecular flexibility index (Phi) is 2.93. The lowest BCUT2D eigenvalue weighted by atomic mass is 10.0. The highest BCUT2D eigenvalue weighted by Gasteiger charge is 2.25. The van der Waals surface area contributed by atoms with Gasteiger partial charge in [-0.3, -0.25) is 0 Å². The number of aryl methyl sites for hydroxylation is 1. The van der Waals surface area contributed by atoms with Crippen LogP contribution in [0.15, 0.2) is 12.1 Å². The molecule has 0 aliphatic heterocycles. The smallest absolute Gasteiger partial charge is 0.0115 e. The van der Waals surface area contributed by atoms with Crippen molar-refractivity contribution >= 4 is 11.3 Å². The predicted octanol–water partition coefficient (Wildman–Crippen LogP) is 3.30. The van der Waals surface area contributed by atoms with E-state index in [0.717, 1.165) is 6.04 Å². The average Bonchev–Trinajstić information content (AvgIpc) is 2.85. The molecule has 0 aromatic carbocycles. The van der Waals surface area contributed by atoms with Gasteiger partial charge in [-0.15, -0.1) is 11.3 Å². The summed E-state index contributed by atoms with van der Waals surface area (Å²) in [6.45, 7) is 6.81. The maximum atomic E-state index is 3.67. The van der Waals surface area contributed by atoms with Crippen molar-refractivity contribution in [3.8, 4) is 0 Å². The molecular weight excluding hydrogens is 190 g/mol. The van der Waals surface area contributed by atoms with Gasteiger partial charge in [-0.1, -0.05) is 6.92 Å². The normalized spacial score (nSPS) is 20.8. The van der Waals surface area contributed by atoms with E-state index in [-0.39, 0.29) is 0 Å². The SMILES string of the molecule is Cc1ccc(C(C)C(C)NC2CC2)s1. The first-order valence-corrected chi connectivity index (χ1v) is 6.31. The molecule has 2 rings (SSSR count). The highest BCUT2D eigenvalue weighted by atomic mass is 32.1. The van der Waals surface area contributed by atoms with Crippen LogP contribution in [-0.4, -0.2) is 12.1 Å². The van der Waals surface area contributed by atoms with E-state index in [4.69, 9.17) is 0 Å². The Morgan fingerprint density at radius 3 is 2.57 bits per heavy atom. The minimum absolute atomic E-state index is 0.612. The minimum Gasteiger partial charge on any atom is -0.311 e. The van der Waals surface area contributed by atoms with Gasteiger partial charge in [0.2, 0.25) is 0 Å². The first kappa shape index (κ1) is 10.2. The van der Waals surface area contributed by atoms with Crippen molar-refractivity contribution in [3.05, 3.63) is 21.9 Å². The molecule has 1 aliphatic carbocycles. The summed E-state index contributed by atoms with van der Waals surface area (Å²) in [4.78, 5) is 2.94. The van der Waals surface area contributed by atoms with Crippen LogP contribution in [0.5, 0.6) is 0 Å². The summed E-state index contributed by atoms with van der Waals surface area (Å²) in [5, 5.41) is 3.67. The number of nitrogens with one attached hydrogen (secondary N) is 1. The van der Waals surface area contributed by atoms with Crippen molar-refractivity contribution in [3.63, 3.8) is 0 Å². The molecule has 0 bridgehead atoms. The van der Waals surface area contributed by atoms with Crippen molar-refractivity contribution in [2.24, 2.45) is 0 Å². The van der Waals surface area contributed by atoms with E-state index < -0.39 is 0 Å². The molecule has 0 radical (unpaired) electrons. The number of rotatable bonds is 4. The van der Waals surface area contributed by atoms with Crippen LogP contribution in [0.1, 0.15) is 42.4 Å². The molecule has 2 atom stereocenters. The van der Waals surface area contributed by atoms with Gasteiger partial charge in [-0.05, 0) is 38.8 Å². The van der Waals surface area contributed by atoms with Crippen molar-refractivity contribution in [2.75, 3.05) is 0 Å². The summed E-state index contributed by atoms with van der Waals surface area (Å²) in [5.41, 5.74) is 0. The monoisotopic (exact) mass is 209 g/mol. The zero-order valence-electron chi connectivity index (χ0n) is 9.21. The predicted molar refractivity (Wildman–Crippen MR) is 63.1 cm³/mol. The van der Waals surface area contributed by atoms with Crippen LogP contribution in [0.4, 0.5) is 0 Å². The fourth-order valence-electron chi connectivity index (χ4n) is 1.71. The van der Waals surface area contributed by atoms with Gasteiger partial charge in [-0.2, -0.15) is 0 Å². The van der Waals surface area contributed by atoms with Crippen LogP contribution in [0, 0.1) is 6.92 Å². The summed E-state index contributed by atoms with van der Waals surface area (Å²) in [7, 11) is 0. The minimum atomic E-state index is 0.612. The van der Waals surface area contributed by atoms with Crippen molar-refractivity contribution in [2.45, 2.75) is 51.6 Å². The van der Waals surface area contributed by atoms with E-state index in [1.54, 1.807) is 0 Å². The Hall–Kier alpha value is -0.340. The van der Waals surface area contributed by atoms with Crippen LogP contribution in [0.2, 0.25) is 0 Å². The second-order valence-electron chi connectivity index (χ2n) is 4.47. The average molecular weight is 209 g/mol. The van der Waals surface area contributed by atoms with Crippen LogP contribution in [0.25, 0.3) is 0 Å². The zero-order valence-corrected chi connectivity index (χ0v) is 10.0. The van der Waals surface area contributed by atoms with Crippen LogP contribution >= 0.6 is 11.3 Å². The molecule has 1 fully saturated rings. The van der Waals surface area contributed by atoms with Crippen LogP contribution in [-0.2, 0) is 0 Å². The van der Waals surface area contributed by atoms with Gasteiger partial charge >= 0.3 is 0 Å². The van der Waals surface area contributed by atoms with Gasteiger partial charge in [0.15, 0.2) is 0 Å². The Bertz CT molecular complexity index is 301. The molecule has 1 heterocycles. The third-order valence-corrected chi connectivity index (χ3v) is 4.24. The van der Waals surface area contributed by atoms with E-state index in [1.165, 1.54) is 22.6 Å². The van der Waals surface area contributed by atoms with E-state index in [9.17, 15) is 0 Å². The Morgan fingerprint density at radius 1 is 1.36 bits per heavy atom. The highest BCUT2D eigenvalue weighted by Crippen LogP contribution is 2.28. The Morgan fingerprint density at radius 2 is 2.07 bits per heavy atom. The quantitative estimate of drug-likeness (QED) is 0.802. The van der Waals surface area contributed by atoms with Gasteiger partial charge < -0.3 is 5.32 Å². The fourth-order valence-corrected chi connectivity index (χ4v) is 2.74. The van der Waals surface area contributed by atoms with Gasteiger partial charge in [0.1, 0.15) is 0 Å². The van der Waals surface area contributed by atoms with Gasteiger partial charge in [0, 0.05) is 27.8 Å². The van der Waals surface area contributed by atoms with E-state index in [2.05, 4.69) is 38.2 Å². The van der Waals surface area contributed by atoms with Crippen molar-refractivity contribution in [1.29, 1.82) is 0 Å². The molecular formula is C12H19NS. The van der Waals surface area contributed by atoms with E-state index >= 15 is 0 Å². The molecule has 1 aliphatic rings. The number of hydrogen-bond acceptors (Lipinski definition) is 2. The highest BCUT2D eigenvalue weighted by molar-refractivity contribution is 7.12. The van der Waals surface area contributed by atoms with Gasteiger partial charge in [0.05, 0.1) is 0 Å². The third-order valence-electron chi connectivity index (χ3n) is 3.04. The molecule has 2 heteroatoms. The van der Waals surface area contributed by atoms with Crippen molar-refractivity contribution < 1.29 is 0 Å². The first-order valence-electron chi connectivity index (χ1n) is 5.49. The lowest BCUT2D eigenvalue weighted by Crippen LogP contribution is -2.32. The van der Waals surface area contributed by atoms with E-state index in [0.29, 0.717) is 12.0 Å². The molecule has 0 amide bonds. The Balaban J connectivity index is 1.95. The van der Waals surface area contributed by atoms with Gasteiger partial charge in [-0.25, -0.2) is 0 Å². The topological polar surface area (TPSA) is 12.0 Å². The largest absolute Gasteiger partial charge is 0.311 e. The fraction of sp³-hybridized carbons (Fsp3) is 0.667. The number of thiophene rings is 1. The second kappa shape index (κ2) is 4.03. The van der Waals surface area contributed by atoms with Crippen LogP contribution in [0.3, 0.4) is 0 Å². The Labute approximate surface area is 90.5 Å². The third kappa shape index (κ3) is 2.37. The molecule has 1 nitrogen and oxygen atoms in total. The summed E-state index contributed by atoms with van der Waals surface area (Å²) in [6, 6.07) is 5.92. The summed E-state index contributed by atoms with van der Waals surface area (Å²) >= 11 is 1.93. The van der Waals surface area contributed by atoms with Crippen molar-refractivity contribution in [1.82, 2.24) is 5.32 Å². The zero-order chi connectivity index (χ0) is 10.1. The lowest BCUT2D eigenvalue weighted by Gasteiger charge is -2.20. The molecule has 1 aromatic rings. The standard InChI is InChI=1S/C12H19NS/c1-8-4-7-12(14-8)9(2)10(3)13-11-5-6-11/h4,7,9-11,13H,5-6H2,1-3H3. The summed E-state index contributed by atoms with van der Waals surface area (Å²) in [6.07, 6.45) is 2.75. The first-order chi connectivity index (χ1) is 6.66. The molecule has 1 N–H and O–H groups in total. The number of hydrogen-bond donors (Lipinski definition) is 1. The second-order valence-corrected chi connectivity index (χ2v) is 5.79. The maximum absolute atomic E-state index is 3.67. The van der Waals surface area contributed by atoms with Crippen LogP contribution < -0.4 is 5.32 Å². The molecule has 1 saturated carbocycles. The molecule has 78 valence electrons.